The summed E-state index contributed by atoms with van der Waals surface area (Å²) in [5.41, 5.74) is 5.99. The second-order valence-corrected chi connectivity index (χ2v) is 7.62. The van der Waals surface area contributed by atoms with E-state index in [0.717, 1.165) is 6.54 Å². The quantitative estimate of drug-likeness (QED) is 0.786. The van der Waals surface area contributed by atoms with E-state index in [-0.39, 0.29) is 22.5 Å². The van der Waals surface area contributed by atoms with Crippen LogP contribution in [-0.2, 0) is 16.6 Å². The fraction of sp³-hybridized carbons (Fsp3) is 0.538. The number of hydrogen-bond acceptors (Lipinski definition) is 4. The average Bonchev–Trinajstić information content (AvgIpc) is 2.36. The molecule has 1 rings (SSSR count). The van der Waals surface area contributed by atoms with Crippen LogP contribution in [0.15, 0.2) is 17.0 Å². The molecule has 0 aliphatic heterocycles. The van der Waals surface area contributed by atoms with E-state index in [1.165, 1.54) is 12.1 Å². The first-order valence-electron chi connectivity index (χ1n) is 6.53. The van der Waals surface area contributed by atoms with Crippen LogP contribution in [-0.4, -0.2) is 40.0 Å². The highest BCUT2D eigenvalue weighted by Gasteiger charge is 2.23. The molecule has 5 nitrogen and oxygen atoms in total. The average molecular weight is 354 g/mol. The molecule has 0 radical (unpaired) electrons. The van der Waals surface area contributed by atoms with E-state index >= 15 is 0 Å². The number of hydrogen-bond donors (Lipinski definition) is 2. The van der Waals surface area contributed by atoms with Gasteiger partial charge in [-0.25, -0.2) is 13.1 Å². The molecule has 1 unspecified atom stereocenters. The Morgan fingerprint density at radius 1 is 1.33 bits per heavy atom. The van der Waals surface area contributed by atoms with Gasteiger partial charge in [0.15, 0.2) is 0 Å². The normalized spacial score (nSPS) is 13.7. The Balaban J connectivity index is 2.98. The highest BCUT2D eigenvalue weighted by molar-refractivity contribution is 7.89. The molecule has 0 aliphatic carbocycles. The lowest BCUT2D eigenvalue weighted by Crippen LogP contribution is -2.35. The van der Waals surface area contributed by atoms with E-state index in [1.54, 1.807) is 0 Å². The van der Waals surface area contributed by atoms with Crippen molar-refractivity contribution in [3.63, 3.8) is 0 Å². The van der Waals surface area contributed by atoms with Crippen LogP contribution in [0.5, 0.6) is 0 Å². The SMILES string of the molecule is CC(CCN(C)C)NS(=O)(=O)c1ccc(Cl)c(CN)c1Cl. The summed E-state index contributed by atoms with van der Waals surface area (Å²) in [5.74, 6) is 0. The summed E-state index contributed by atoms with van der Waals surface area (Å²) in [6, 6.07) is 2.69. The molecule has 0 saturated carbocycles. The van der Waals surface area contributed by atoms with Crippen LogP contribution in [0.1, 0.15) is 18.9 Å². The van der Waals surface area contributed by atoms with Crippen LogP contribution in [0.25, 0.3) is 0 Å². The van der Waals surface area contributed by atoms with Gasteiger partial charge in [-0.05, 0) is 46.1 Å². The summed E-state index contributed by atoms with van der Waals surface area (Å²) in [6.07, 6.45) is 0.696. The zero-order chi connectivity index (χ0) is 16.2. The van der Waals surface area contributed by atoms with Crippen molar-refractivity contribution in [3.05, 3.63) is 27.7 Å². The number of nitrogens with two attached hydrogens (primary N) is 1. The Bertz CT molecular complexity index is 591. The van der Waals surface area contributed by atoms with Crippen molar-refractivity contribution in [1.29, 1.82) is 0 Å². The number of halogens is 2. The van der Waals surface area contributed by atoms with Crippen LogP contribution in [0, 0.1) is 0 Å². The zero-order valence-corrected chi connectivity index (χ0v) is 14.7. The van der Waals surface area contributed by atoms with E-state index in [4.69, 9.17) is 28.9 Å². The predicted molar refractivity (Wildman–Crippen MR) is 87.3 cm³/mol. The molecule has 3 N–H and O–H groups in total. The van der Waals surface area contributed by atoms with Gasteiger partial charge in [0, 0.05) is 23.2 Å². The second-order valence-electron chi connectivity index (χ2n) is 5.16. The van der Waals surface area contributed by atoms with E-state index in [0.29, 0.717) is 17.0 Å². The van der Waals surface area contributed by atoms with Crippen molar-refractivity contribution in [2.24, 2.45) is 5.73 Å². The number of nitrogens with one attached hydrogen (secondary N) is 1. The predicted octanol–water partition coefficient (Wildman–Crippen LogP) is 2.07. The first-order valence-corrected chi connectivity index (χ1v) is 8.77. The molecule has 21 heavy (non-hydrogen) atoms. The highest BCUT2D eigenvalue weighted by Crippen LogP contribution is 2.30. The van der Waals surface area contributed by atoms with Gasteiger partial charge in [-0.15, -0.1) is 0 Å². The third-order valence-corrected chi connectivity index (χ3v) is 5.54. The molecule has 0 saturated heterocycles. The first kappa shape index (κ1) is 18.7. The van der Waals surface area contributed by atoms with Crippen molar-refractivity contribution in [2.45, 2.75) is 30.8 Å². The number of nitrogens with zero attached hydrogens (tertiary/aromatic N) is 1. The molecule has 0 aliphatic rings. The lowest BCUT2D eigenvalue weighted by molar-refractivity contribution is 0.379. The lowest BCUT2D eigenvalue weighted by Gasteiger charge is -2.18. The van der Waals surface area contributed by atoms with Crippen LogP contribution in [0.3, 0.4) is 0 Å². The summed E-state index contributed by atoms with van der Waals surface area (Å²) in [4.78, 5) is 2.00. The molecule has 8 heteroatoms. The fourth-order valence-corrected chi connectivity index (χ4v) is 4.02. The molecule has 0 amide bonds. The summed E-state index contributed by atoms with van der Waals surface area (Å²) in [5, 5.41) is 0.444. The van der Waals surface area contributed by atoms with Crippen molar-refractivity contribution in [1.82, 2.24) is 9.62 Å². The van der Waals surface area contributed by atoms with Crippen LogP contribution in [0.2, 0.25) is 10.0 Å². The molecule has 0 spiro atoms. The molecule has 1 atom stereocenters. The number of benzene rings is 1. The van der Waals surface area contributed by atoms with Crippen LogP contribution < -0.4 is 10.5 Å². The molecule has 0 aromatic heterocycles. The van der Waals surface area contributed by atoms with E-state index in [9.17, 15) is 8.42 Å². The van der Waals surface area contributed by atoms with Crippen LogP contribution >= 0.6 is 23.2 Å². The third kappa shape index (κ3) is 5.09. The Morgan fingerprint density at radius 2 is 1.95 bits per heavy atom. The van der Waals surface area contributed by atoms with E-state index in [1.807, 2.05) is 25.9 Å². The van der Waals surface area contributed by atoms with Gasteiger partial charge in [0.1, 0.15) is 4.90 Å². The molecular formula is C13H21Cl2N3O2S. The van der Waals surface area contributed by atoms with Gasteiger partial charge < -0.3 is 10.6 Å². The standard InChI is InChI=1S/C13H21Cl2N3O2S/c1-9(6-7-18(2)3)17-21(19,20)12-5-4-11(14)10(8-16)13(12)15/h4-5,9,17H,6-8,16H2,1-3H3. The smallest absolute Gasteiger partial charge is 0.242 e. The molecule has 0 bridgehead atoms. The molecule has 120 valence electrons. The summed E-state index contributed by atoms with van der Waals surface area (Å²) >= 11 is 12.1. The summed E-state index contributed by atoms with van der Waals surface area (Å²) < 4.78 is 27.4. The highest BCUT2D eigenvalue weighted by atomic mass is 35.5. The molecule has 1 aromatic rings. The zero-order valence-electron chi connectivity index (χ0n) is 12.4. The van der Waals surface area contributed by atoms with Crippen LogP contribution in [0.4, 0.5) is 0 Å². The first-order chi connectivity index (χ1) is 9.69. The fourth-order valence-electron chi connectivity index (χ4n) is 1.81. The van der Waals surface area contributed by atoms with E-state index in [2.05, 4.69) is 4.72 Å². The Hall–Kier alpha value is -0.370. The lowest BCUT2D eigenvalue weighted by atomic mass is 10.2. The van der Waals surface area contributed by atoms with Gasteiger partial charge in [-0.2, -0.15) is 0 Å². The topological polar surface area (TPSA) is 75.4 Å². The van der Waals surface area contributed by atoms with Gasteiger partial charge in [0.2, 0.25) is 10.0 Å². The number of rotatable bonds is 7. The van der Waals surface area contributed by atoms with Gasteiger partial charge in [0.25, 0.3) is 0 Å². The minimum Gasteiger partial charge on any atom is -0.326 e. The van der Waals surface area contributed by atoms with Crippen molar-refractivity contribution in [2.75, 3.05) is 20.6 Å². The Labute approximate surface area is 136 Å². The maximum absolute atomic E-state index is 12.4. The third-order valence-electron chi connectivity index (χ3n) is 3.01. The minimum absolute atomic E-state index is 0.00530. The number of sulfonamides is 1. The Kier molecular flexibility index (Phi) is 6.90. The maximum Gasteiger partial charge on any atom is 0.242 e. The van der Waals surface area contributed by atoms with Gasteiger partial charge in [-0.1, -0.05) is 23.2 Å². The van der Waals surface area contributed by atoms with Gasteiger partial charge in [0.05, 0.1) is 5.02 Å². The van der Waals surface area contributed by atoms with Crippen molar-refractivity contribution < 1.29 is 8.42 Å². The largest absolute Gasteiger partial charge is 0.326 e. The van der Waals surface area contributed by atoms with Crippen molar-refractivity contribution in [3.8, 4) is 0 Å². The second kappa shape index (κ2) is 7.76. The van der Waals surface area contributed by atoms with E-state index < -0.39 is 10.0 Å². The summed E-state index contributed by atoms with van der Waals surface area (Å²) in [7, 11) is 0.169. The van der Waals surface area contributed by atoms with Gasteiger partial charge in [-0.3, -0.25) is 0 Å². The van der Waals surface area contributed by atoms with Gasteiger partial charge >= 0.3 is 0 Å². The molecule has 0 fully saturated rings. The molecule has 0 heterocycles. The monoisotopic (exact) mass is 353 g/mol. The minimum atomic E-state index is -3.70. The van der Waals surface area contributed by atoms with Crippen molar-refractivity contribution >= 4 is 33.2 Å². The summed E-state index contributed by atoms with van der Waals surface area (Å²) in [6.45, 7) is 2.68. The Morgan fingerprint density at radius 3 is 2.48 bits per heavy atom. The molecular weight excluding hydrogens is 333 g/mol. The molecule has 1 aromatic carbocycles. The maximum atomic E-state index is 12.4.